The van der Waals surface area contributed by atoms with Gasteiger partial charge in [-0.3, -0.25) is 9.58 Å². The number of nitrogens with zero attached hydrogens (tertiary/aromatic N) is 4. The molecular formula is C27H27N5O3. The number of methoxy groups -OCH3 is 1. The first-order valence-corrected chi connectivity index (χ1v) is 11.6. The van der Waals surface area contributed by atoms with Crippen LogP contribution in [-0.4, -0.2) is 44.4 Å². The van der Waals surface area contributed by atoms with Crippen LogP contribution >= 0.6 is 0 Å². The maximum Gasteiger partial charge on any atom is 0.335 e. The Hall–Kier alpha value is -4.09. The molecule has 0 saturated carbocycles. The van der Waals surface area contributed by atoms with Crippen LogP contribution in [0, 0.1) is 18.3 Å². The minimum atomic E-state index is -0.935. The Morgan fingerprint density at radius 2 is 2.11 bits per heavy atom. The van der Waals surface area contributed by atoms with Crippen LogP contribution in [0.1, 0.15) is 57.5 Å². The van der Waals surface area contributed by atoms with Crippen LogP contribution in [0.2, 0.25) is 0 Å². The molecule has 1 fully saturated rings. The number of fused-ring (bicyclic) bond motifs is 1. The topological polar surface area (TPSA) is 107 Å². The number of H-pyrrole nitrogens is 1. The Kier molecular flexibility index (Phi) is 6.01. The van der Waals surface area contributed by atoms with Crippen molar-refractivity contribution in [2.24, 2.45) is 0 Å². The molecule has 1 aliphatic rings. The fourth-order valence-corrected chi connectivity index (χ4v) is 5.20. The number of carbonyl (C=O) groups is 1. The second-order valence-electron chi connectivity index (χ2n) is 9.05. The van der Waals surface area contributed by atoms with E-state index in [2.05, 4.69) is 40.1 Å². The van der Waals surface area contributed by atoms with E-state index in [0.29, 0.717) is 12.1 Å². The first kappa shape index (κ1) is 22.7. The van der Waals surface area contributed by atoms with Crippen LogP contribution in [0.5, 0.6) is 5.75 Å². The molecule has 35 heavy (non-hydrogen) atoms. The van der Waals surface area contributed by atoms with Gasteiger partial charge in [0.05, 0.1) is 30.5 Å². The maximum absolute atomic E-state index is 11.4. The zero-order valence-corrected chi connectivity index (χ0v) is 19.7. The van der Waals surface area contributed by atoms with Crippen LogP contribution in [0.25, 0.3) is 10.9 Å². The van der Waals surface area contributed by atoms with Crippen molar-refractivity contribution in [2.75, 3.05) is 13.7 Å². The molecule has 0 radical (unpaired) electrons. The maximum atomic E-state index is 11.4. The van der Waals surface area contributed by atoms with E-state index in [0.717, 1.165) is 52.7 Å². The van der Waals surface area contributed by atoms with Gasteiger partial charge in [0.1, 0.15) is 11.8 Å². The molecule has 1 aliphatic heterocycles. The molecule has 0 aliphatic carbocycles. The Morgan fingerprint density at radius 1 is 1.31 bits per heavy atom. The Labute approximate surface area is 203 Å². The Bertz CT molecular complexity index is 1410. The van der Waals surface area contributed by atoms with Gasteiger partial charge in [-0.2, -0.15) is 10.4 Å². The molecule has 2 aromatic heterocycles. The van der Waals surface area contributed by atoms with Crippen molar-refractivity contribution in [3.8, 4) is 11.8 Å². The summed E-state index contributed by atoms with van der Waals surface area (Å²) in [6, 6.07) is 13.7. The average Bonchev–Trinajstić information content (AvgIpc) is 3.56. The minimum Gasteiger partial charge on any atom is -0.496 e. The second kappa shape index (κ2) is 9.28. The summed E-state index contributed by atoms with van der Waals surface area (Å²) in [5.74, 6) is -0.0721. The number of nitrogens with one attached hydrogen (secondary N) is 1. The number of carboxylic acid groups (broad SMARTS) is 1. The third kappa shape index (κ3) is 4.27. The summed E-state index contributed by atoms with van der Waals surface area (Å²) in [5, 5.41) is 24.1. The second-order valence-corrected chi connectivity index (χ2v) is 9.05. The number of aryl methyl sites for hydroxylation is 1. The largest absolute Gasteiger partial charge is 0.496 e. The van der Waals surface area contributed by atoms with E-state index in [9.17, 15) is 15.2 Å². The number of ether oxygens (including phenoxy) is 1. The van der Waals surface area contributed by atoms with Gasteiger partial charge in [0.25, 0.3) is 0 Å². The van der Waals surface area contributed by atoms with Crippen molar-refractivity contribution in [3.05, 3.63) is 82.8 Å². The highest BCUT2D eigenvalue weighted by Crippen LogP contribution is 2.40. The van der Waals surface area contributed by atoms with E-state index < -0.39 is 5.97 Å². The van der Waals surface area contributed by atoms with E-state index in [1.165, 1.54) is 0 Å². The number of aromatic carboxylic acids is 1. The van der Waals surface area contributed by atoms with Gasteiger partial charge in [0.15, 0.2) is 0 Å². The molecule has 8 nitrogen and oxygen atoms in total. The number of benzene rings is 2. The normalized spacial score (nSPS) is 18.4. The van der Waals surface area contributed by atoms with E-state index in [1.54, 1.807) is 31.6 Å². The summed E-state index contributed by atoms with van der Waals surface area (Å²) in [6.07, 6.45) is 7.05. The van der Waals surface area contributed by atoms with E-state index in [1.807, 2.05) is 23.0 Å². The monoisotopic (exact) mass is 469 g/mol. The van der Waals surface area contributed by atoms with Crippen molar-refractivity contribution in [1.29, 1.82) is 5.26 Å². The summed E-state index contributed by atoms with van der Waals surface area (Å²) in [4.78, 5) is 17.2. The molecule has 0 bridgehead atoms. The van der Waals surface area contributed by atoms with Crippen molar-refractivity contribution in [3.63, 3.8) is 0 Å². The number of likely N-dealkylation sites (tertiary alicyclic amines) is 1. The molecule has 2 unspecified atom stereocenters. The van der Waals surface area contributed by atoms with Gasteiger partial charge in [-0.05, 0) is 55.2 Å². The molecule has 5 rings (SSSR count). The van der Waals surface area contributed by atoms with Crippen LogP contribution < -0.4 is 4.74 Å². The van der Waals surface area contributed by atoms with Gasteiger partial charge < -0.3 is 14.8 Å². The molecule has 2 aromatic carbocycles. The molecule has 8 heteroatoms. The number of hydrogen-bond donors (Lipinski definition) is 2. The fourth-order valence-electron chi connectivity index (χ4n) is 5.20. The Morgan fingerprint density at radius 3 is 2.80 bits per heavy atom. The van der Waals surface area contributed by atoms with Crippen LogP contribution in [0.4, 0.5) is 0 Å². The van der Waals surface area contributed by atoms with Crippen LogP contribution in [0.15, 0.2) is 55.0 Å². The van der Waals surface area contributed by atoms with Crippen molar-refractivity contribution in [1.82, 2.24) is 19.7 Å². The minimum absolute atomic E-state index is 0.0475. The molecule has 178 valence electrons. The zero-order valence-electron chi connectivity index (χ0n) is 19.7. The number of hydrogen-bond acceptors (Lipinski definition) is 5. The summed E-state index contributed by atoms with van der Waals surface area (Å²) in [6.45, 7) is 3.59. The molecule has 1 saturated heterocycles. The number of carboxylic acids is 1. The first-order chi connectivity index (χ1) is 17.0. The van der Waals surface area contributed by atoms with E-state index in [-0.39, 0.29) is 17.6 Å². The van der Waals surface area contributed by atoms with Gasteiger partial charge in [0.2, 0.25) is 0 Å². The first-order valence-electron chi connectivity index (χ1n) is 11.6. The van der Waals surface area contributed by atoms with Gasteiger partial charge in [0, 0.05) is 48.0 Å². The predicted molar refractivity (Wildman–Crippen MR) is 131 cm³/mol. The van der Waals surface area contributed by atoms with Crippen molar-refractivity contribution in [2.45, 2.75) is 38.4 Å². The number of piperidine rings is 1. The lowest BCUT2D eigenvalue weighted by molar-refractivity contribution is 0.0696. The fraction of sp³-hybridized carbons (Fsp3) is 0.296. The van der Waals surface area contributed by atoms with Crippen LogP contribution in [0.3, 0.4) is 0 Å². The summed E-state index contributed by atoms with van der Waals surface area (Å²) in [5.41, 5.74) is 5.26. The standard InChI is InChI=1S/C27H27N5O3/c1-17-11-25(35-2)23(22-7-9-29-26(17)22)16-31-10-8-21(32-15-18(13-28)14-30-32)12-24(31)19-3-5-20(6-4-19)27(33)34/h3-7,9,11,14-15,21,24,29H,8,10,12,16H2,1-2H3,(H,33,34). The molecule has 2 atom stereocenters. The molecule has 2 N–H and O–H groups in total. The summed E-state index contributed by atoms with van der Waals surface area (Å²) in [7, 11) is 1.70. The highest BCUT2D eigenvalue weighted by molar-refractivity contribution is 5.88. The lowest BCUT2D eigenvalue weighted by Crippen LogP contribution is -2.37. The molecule has 4 aromatic rings. The van der Waals surface area contributed by atoms with E-state index in [4.69, 9.17) is 4.74 Å². The smallest absolute Gasteiger partial charge is 0.335 e. The quantitative estimate of drug-likeness (QED) is 0.419. The van der Waals surface area contributed by atoms with Crippen LogP contribution in [-0.2, 0) is 6.54 Å². The Balaban J connectivity index is 1.51. The summed E-state index contributed by atoms with van der Waals surface area (Å²) >= 11 is 0. The predicted octanol–water partition coefficient (Wildman–Crippen LogP) is 4.83. The molecular weight excluding hydrogens is 442 g/mol. The third-order valence-electron chi connectivity index (χ3n) is 7.03. The summed E-state index contributed by atoms with van der Waals surface area (Å²) < 4.78 is 7.68. The number of rotatable bonds is 6. The third-order valence-corrected chi connectivity index (χ3v) is 7.03. The van der Waals surface area contributed by atoms with Crippen molar-refractivity contribution >= 4 is 16.9 Å². The number of aromatic amines is 1. The van der Waals surface area contributed by atoms with E-state index >= 15 is 0 Å². The lowest BCUT2D eigenvalue weighted by atomic mass is 9.90. The molecule has 0 spiro atoms. The van der Waals surface area contributed by atoms with Gasteiger partial charge in [-0.1, -0.05) is 12.1 Å². The number of nitriles is 1. The molecule has 3 heterocycles. The average molecular weight is 470 g/mol. The highest BCUT2D eigenvalue weighted by Gasteiger charge is 2.32. The van der Waals surface area contributed by atoms with Gasteiger partial charge in [-0.15, -0.1) is 0 Å². The lowest BCUT2D eigenvalue weighted by Gasteiger charge is -2.40. The number of aromatic nitrogens is 3. The highest BCUT2D eigenvalue weighted by atomic mass is 16.5. The van der Waals surface area contributed by atoms with Gasteiger partial charge >= 0.3 is 5.97 Å². The van der Waals surface area contributed by atoms with Gasteiger partial charge in [-0.25, -0.2) is 4.79 Å². The van der Waals surface area contributed by atoms with Crippen molar-refractivity contribution < 1.29 is 14.6 Å². The SMILES string of the molecule is COc1cc(C)c2[nH]ccc2c1CN1CCC(n2cc(C#N)cn2)CC1c1ccc(C(=O)O)cc1. The molecule has 0 amide bonds. The zero-order chi connectivity index (χ0) is 24.5.